The maximum absolute atomic E-state index is 5.01. The van der Waals surface area contributed by atoms with E-state index in [-0.39, 0.29) is 5.92 Å². The van der Waals surface area contributed by atoms with Crippen molar-refractivity contribution in [2.45, 2.75) is 25.7 Å². The molecule has 1 aromatic carbocycles. The van der Waals surface area contributed by atoms with Crippen LogP contribution in [0.25, 0.3) is 16.5 Å². The highest BCUT2D eigenvalue weighted by Crippen LogP contribution is 2.40. The Kier molecular flexibility index (Phi) is 5.52. The molecule has 1 atom stereocenters. The number of hydrogen-bond acceptors (Lipinski definition) is 2. The molecule has 2 heteroatoms. The number of nitrogens with zero attached hydrogens (tertiary/aromatic N) is 1. The monoisotopic (exact) mass is 342 g/mol. The first-order valence-electron chi connectivity index (χ1n) is 9.12. The van der Waals surface area contributed by atoms with Crippen LogP contribution in [0.3, 0.4) is 0 Å². The summed E-state index contributed by atoms with van der Waals surface area (Å²) in [5.41, 5.74) is 6.88. The number of pyridine rings is 1. The summed E-state index contributed by atoms with van der Waals surface area (Å²) in [7, 11) is 1.98. The standard InChI is InChI=1S/C24H26N2/c1-5-12-18(6-2)17(3)22-20-15-10-11-16-21(20)26-23(24(22)25-4)19-13-8-7-9-14-19/h5-8,10-13,15-17,25H,1-2,9,14H2,3-4H3/b18-12+. The van der Waals surface area contributed by atoms with Gasteiger partial charge in [0.05, 0.1) is 16.9 Å². The van der Waals surface area contributed by atoms with Gasteiger partial charge in [-0.05, 0) is 35.6 Å². The van der Waals surface area contributed by atoms with Gasteiger partial charge < -0.3 is 5.32 Å². The molecule has 2 aromatic rings. The van der Waals surface area contributed by atoms with Gasteiger partial charge in [0.25, 0.3) is 0 Å². The lowest BCUT2D eigenvalue weighted by atomic mass is 9.86. The number of benzene rings is 1. The van der Waals surface area contributed by atoms with Crippen molar-refractivity contribution in [3.05, 3.63) is 90.7 Å². The van der Waals surface area contributed by atoms with E-state index in [1.165, 1.54) is 16.5 Å². The van der Waals surface area contributed by atoms with Crippen LogP contribution in [-0.2, 0) is 0 Å². The average molecular weight is 342 g/mol. The molecule has 0 fully saturated rings. The van der Waals surface area contributed by atoms with Crippen molar-refractivity contribution in [3.8, 4) is 0 Å². The Morgan fingerprint density at radius 2 is 2.08 bits per heavy atom. The molecule has 1 N–H and O–H groups in total. The van der Waals surface area contributed by atoms with Crippen molar-refractivity contribution in [1.29, 1.82) is 0 Å². The van der Waals surface area contributed by atoms with E-state index in [0.29, 0.717) is 0 Å². The predicted molar refractivity (Wildman–Crippen MR) is 115 cm³/mol. The van der Waals surface area contributed by atoms with Crippen LogP contribution in [0.2, 0.25) is 0 Å². The Morgan fingerprint density at radius 3 is 2.73 bits per heavy atom. The summed E-state index contributed by atoms with van der Waals surface area (Å²) in [6.07, 6.45) is 14.4. The van der Waals surface area contributed by atoms with Crippen LogP contribution in [0.15, 0.2) is 79.5 Å². The summed E-state index contributed by atoms with van der Waals surface area (Å²) in [4.78, 5) is 5.01. The quantitative estimate of drug-likeness (QED) is 0.613. The van der Waals surface area contributed by atoms with Crippen molar-refractivity contribution >= 4 is 22.2 Å². The second-order valence-electron chi connectivity index (χ2n) is 6.50. The number of allylic oxidation sites excluding steroid dienone is 8. The molecule has 1 aliphatic carbocycles. The third-order valence-corrected chi connectivity index (χ3v) is 4.98. The largest absolute Gasteiger partial charge is 0.386 e. The normalized spacial score (nSPS) is 15.5. The number of fused-ring (bicyclic) bond motifs is 1. The summed E-state index contributed by atoms with van der Waals surface area (Å²) < 4.78 is 0. The number of anilines is 1. The first-order chi connectivity index (χ1) is 12.7. The number of aromatic nitrogens is 1. The maximum atomic E-state index is 5.01. The second kappa shape index (κ2) is 8.01. The highest BCUT2D eigenvalue weighted by molar-refractivity contribution is 5.93. The van der Waals surface area contributed by atoms with Gasteiger partial charge in [0.1, 0.15) is 0 Å². The lowest BCUT2D eigenvalue weighted by molar-refractivity contribution is 0.928. The van der Waals surface area contributed by atoms with E-state index >= 15 is 0 Å². The van der Waals surface area contributed by atoms with Crippen LogP contribution in [0.4, 0.5) is 5.69 Å². The molecule has 0 amide bonds. The van der Waals surface area contributed by atoms with E-state index in [4.69, 9.17) is 4.98 Å². The highest BCUT2D eigenvalue weighted by Gasteiger charge is 2.22. The van der Waals surface area contributed by atoms with Crippen molar-refractivity contribution < 1.29 is 0 Å². The smallest absolute Gasteiger partial charge is 0.0903 e. The topological polar surface area (TPSA) is 24.9 Å². The maximum Gasteiger partial charge on any atom is 0.0903 e. The summed E-state index contributed by atoms with van der Waals surface area (Å²) >= 11 is 0. The zero-order valence-corrected chi connectivity index (χ0v) is 15.6. The molecule has 0 bridgehead atoms. The molecular formula is C24H26N2. The SMILES string of the molecule is C=C/C=C(\C=C)C(C)c1c(NC)c(C2=CC=CCC2)nc2ccccc12. The zero-order valence-electron chi connectivity index (χ0n) is 15.6. The first kappa shape index (κ1) is 17.9. The Hall–Kier alpha value is -2.87. The molecule has 1 unspecified atom stereocenters. The molecule has 2 nitrogen and oxygen atoms in total. The Morgan fingerprint density at radius 1 is 1.27 bits per heavy atom. The molecule has 1 aromatic heterocycles. The van der Waals surface area contributed by atoms with E-state index in [9.17, 15) is 0 Å². The molecule has 26 heavy (non-hydrogen) atoms. The fourth-order valence-electron chi connectivity index (χ4n) is 3.66. The van der Waals surface area contributed by atoms with E-state index < -0.39 is 0 Å². The molecule has 0 spiro atoms. The van der Waals surface area contributed by atoms with Gasteiger partial charge >= 0.3 is 0 Å². The zero-order chi connectivity index (χ0) is 18.5. The Bertz CT molecular complexity index is 929. The van der Waals surface area contributed by atoms with Crippen molar-refractivity contribution in [3.63, 3.8) is 0 Å². The molecule has 0 saturated carbocycles. The van der Waals surface area contributed by atoms with Gasteiger partial charge in [0.15, 0.2) is 0 Å². The minimum Gasteiger partial charge on any atom is -0.386 e. The van der Waals surface area contributed by atoms with Gasteiger partial charge in [0.2, 0.25) is 0 Å². The van der Waals surface area contributed by atoms with Crippen LogP contribution in [0, 0.1) is 0 Å². The number of hydrogen-bond donors (Lipinski definition) is 1. The van der Waals surface area contributed by atoms with Crippen LogP contribution >= 0.6 is 0 Å². The van der Waals surface area contributed by atoms with Crippen LogP contribution in [-0.4, -0.2) is 12.0 Å². The lowest BCUT2D eigenvalue weighted by Gasteiger charge is -2.23. The molecule has 1 aliphatic rings. The number of nitrogens with one attached hydrogen (secondary N) is 1. The third kappa shape index (κ3) is 3.28. The summed E-state index contributed by atoms with van der Waals surface area (Å²) in [5.74, 6) is 0.180. The molecule has 0 aliphatic heterocycles. The summed E-state index contributed by atoms with van der Waals surface area (Å²) in [6.45, 7) is 10.1. The fourth-order valence-corrected chi connectivity index (χ4v) is 3.66. The highest BCUT2D eigenvalue weighted by atomic mass is 14.9. The predicted octanol–water partition coefficient (Wildman–Crippen LogP) is 6.41. The van der Waals surface area contributed by atoms with Crippen molar-refractivity contribution in [2.75, 3.05) is 12.4 Å². The molecule has 1 heterocycles. The number of para-hydroxylation sites is 1. The summed E-state index contributed by atoms with van der Waals surface area (Å²) in [5, 5.41) is 4.62. The van der Waals surface area contributed by atoms with Crippen molar-refractivity contribution in [1.82, 2.24) is 4.98 Å². The van der Waals surface area contributed by atoms with Gasteiger partial charge in [-0.25, -0.2) is 4.98 Å². The summed E-state index contributed by atoms with van der Waals surface area (Å²) in [6, 6.07) is 8.38. The minimum atomic E-state index is 0.180. The molecule has 0 radical (unpaired) electrons. The van der Waals surface area contributed by atoms with E-state index in [1.807, 2.05) is 25.3 Å². The first-order valence-corrected chi connectivity index (χ1v) is 9.12. The van der Waals surface area contributed by atoms with Gasteiger partial charge in [-0.15, -0.1) is 0 Å². The van der Waals surface area contributed by atoms with Gasteiger partial charge in [-0.2, -0.15) is 0 Å². The number of rotatable bonds is 6. The van der Waals surface area contributed by atoms with Gasteiger partial charge in [-0.3, -0.25) is 0 Å². The lowest BCUT2D eigenvalue weighted by Crippen LogP contribution is -2.08. The molecular weight excluding hydrogens is 316 g/mol. The van der Waals surface area contributed by atoms with Gasteiger partial charge in [-0.1, -0.05) is 74.7 Å². The van der Waals surface area contributed by atoms with E-state index in [2.05, 4.69) is 67.9 Å². The van der Waals surface area contributed by atoms with Crippen LogP contribution in [0.1, 0.15) is 36.9 Å². The molecule has 0 saturated heterocycles. The van der Waals surface area contributed by atoms with Crippen molar-refractivity contribution in [2.24, 2.45) is 0 Å². The van der Waals surface area contributed by atoms with E-state index in [0.717, 1.165) is 35.3 Å². The third-order valence-electron chi connectivity index (χ3n) is 4.98. The second-order valence-corrected chi connectivity index (χ2v) is 6.50. The van der Waals surface area contributed by atoms with E-state index in [1.54, 1.807) is 0 Å². The van der Waals surface area contributed by atoms with Crippen LogP contribution in [0.5, 0.6) is 0 Å². The Balaban J connectivity index is 2.33. The molecule has 132 valence electrons. The fraction of sp³-hybridized carbons (Fsp3) is 0.208. The van der Waals surface area contributed by atoms with Crippen LogP contribution < -0.4 is 5.32 Å². The minimum absolute atomic E-state index is 0.180. The average Bonchev–Trinajstić information content (AvgIpc) is 2.70. The Labute approximate surface area is 156 Å². The van der Waals surface area contributed by atoms with Gasteiger partial charge in [0, 0.05) is 18.4 Å². The molecule has 3 rings (SSSR count).